The Morgan fingerprint density at radius 3 is 2.60 bits per heavy atom. The van der Waals surface area contributed by atoms with Crippen molar-refractivity contribution in [2.75, 3.05) is 7.11 Å². The highest BCUT2D eigenvalue weighted by Crippen LogP contribution is 2.16. The number of esters is 1. The second-order valence-corrected chi connectivity index (χ2v) is 5.25. The number of hydrogen-bond donors (Lipinski definition) is 2. The summed E-state index contributed by atoms with van der Waals surface area (Å²) in [6.45, 7) is 7.94. The Hall–Kier alpha value is -1.25. The van der Waals surface area contributed by atoms with Crippen LogP contribution >= 0.6 is 24.0 Å². The maximum Gasteiger partial charge on any atom is 0.341 e. The van der Waals surface area contributed by atoms with E-state index in [4.69, 9.17) is 10.2 Å². The molecule has 0 aliphatic heterocycles. The van der Waals surface area contributed by atoms with Crippen molar-refractivity contribution in [3.63, 3.8) is 0 Å². The van der Waals surface area contributed by atoms with Crippen LogP contribution in [0.15, 0.2) is 15.5 Å². The third-order valence-corrected chi connectivity index (χ3v) is 2.28. The third-order valence-electron chi connectivity index (χ3n) is 2.28. The van der Waals surface area contributed by atoms with Gasteiger partial charge in [-0.2, -0.15) is 0 Å². The van der Waals surface area contributed by atoms with Gasteiger partial charge in [0.15, 0.2) is 5.96 Å². The topological polar surface area (TPSA) is 89.8 Å². The summed E-state index contributed by atoms with van der Waals surface area (Å²) in [5.41, 5.74) is 6.01. The first-order chi connectivity index (χ1) is 8.73. The molecule has 114 valence electrons. The molecule has 0 atom stereocenters. The smallest absolute Gasteiger partial charge is 0.341 e. The van der Waals surface area contributed by atoms with Gasteiger partial charge in [0.25, 0.3) is 0 Å². The van der Waals surface area contributed by atoms with Gasteiger partial charge in [-0.25, -0.2) is 9.79 Å². The van der Waals surface area contributed by atoms with Crippen LogP contribution in [0.2, 0.25) is 0 Å². The van der Waals surface area contributed by atoms with Gasteiger partial charge in [0.2, 0.25) is 0 Å². The van der Waals surface area contributed by atoms with Crippen LogP contribution in [0.3, 0.4) is 0 Å². The molecular formula is C13H22IN3O3. The minimum atomic E-state index is -0.419. The maximum atomic E-state index is 11.4. The number of ether oxygens (including phenoxy) is 1. The number of guanidine groups is 1. The fraction of sp³-hybridized carbons (Fsp3) is 0.538. The van der Waals surface area contributed by atoms with E-state index in [1.165, 1.54) is 7.11 Å². The molecule has 0 unspecified atom stereocenters. The van der Waals surface area contributed by atoms with Gasteiger partial charge in [0.1, 0.15) is 23.6 Å². The molecule has 3 N–H and O–H groups in total. The lowest BCUT2D eigenvalue weighted by Crippen LogP contribution is -2.44. The van der Waals surface area contributed by atoms with Gasteiger partial charge in [-0.1, -0.05) is 0 Å². The van der Waals surface area contributed by atoms with Crippen molar-refractivity contribution in [1.29, 1.82) is 0 Å². The van der Waals surface area contributed by atoms with E-state index >= 15 is 0 Å². The molecule has 0 saturated heterocycles. The van der Waals surface area contributed by atoms with E-state index in [1.807, 2.05) is 20.8 Å². The largest absolute Gasteiger partial charge is 0.465 e. The van der Waals surface area contributed by atoms with E-state index < -0.39 is 5.97 Å². The predicted octanol–water partition coefficient (Wildman–Crippen LogP) is 2.20. The van der Waals surface area contributed by atoms with Crippen LogP contribution in [0.1, 0.15) is 42.6 Å². The van der Waals surface area contributed by atoms with Crippen LogP contribution in [0, 0.1) is 6.92 Å². The quantitative estimate of drug-likeness (QED) is 0.355. The van der Waals surface area contributed by atoms with Gasteiger partial charge in [-0.3, -0.25) is 0 Å². The Kier molecular flexibility index (Phi) is 7.04. The molecule has 0 saturated carbocycles. The molecule has 7 heteroatoms. The Labute approximate surface area is 136 Å². The fourth-order valence-corrected chi connectivity index (χ4v) is 1.52. The minimum absolute atomic E-state index is 0. The molecule has 0 fully saturated rings. The number of halogens is 1. The SMILES string of the molecule is COC(=O)c1cc(CN=C(N)NC(C)(C)C)oc1C.I. The molecule has 1 heterocycles. The lowest BCUT2D eigenvalue weighted by molar-refractivity contribution is 0.0599. The van der Waals surface area contributed by atoms with Gasteiger partial charge in [0, 0.05) is 5.54 Å². The Morgan fingerprint density at radius 2 is 2.10 bits per heavy atom. The number of nitrogens with zero attached hydrogens (tertiary/aromatic N) is 1. The number of rotatable bonds is 3. The lowest BCUT2D eigenvalue weighted by Gasteiger charge is -2.20. The first kappa shape index (κ1) is 18.8. The summed E-state index contributed by atoms with van der Waals surface area (Å²) < 4.78 is 10.1. The molecule has 6 nitrogen and oxygen atoms in total. The highest BCUT2D eigenvalue weighted by Gasteiger charge is 2.15. The van der Waals surface area contributed by atoms with Crippen molar-refractivity contribution in [2.24, 2.45) is 10.7 Å². The summed E-state index contributed by atoms with van der Waals surface area (Å²) in [4.78, 5) is 15.6. The van der Waals surface area contributed by atoms with E-state index in [-0.39, 0.29) is 36.1 Å². The number of furan rings is 1. The molecular weight excluding hydrogens is 373 g/mol. The third kappa shape index (κ3) is 5.81. The maximum absolute atomic E-state index is 11.4. The Balaban J connectivity index is 0.00000361. The zero-order valence-corrected chi connectivity index (χ0v) is 14.8. The highest BCUT2D eigenvalue weighted by atomic mass is 127. The zero-order chi connectivity index (χ0) is 14.6. The van der Waals surface area contributed by atoms with Gasteiger partial charge in [-0.15, -0.1) is 24.0 Å². The molecule has 1 aromatic heterocycles. The van der Waals surface area contributed by atoms with Crippen LogP contribution in [0.4, 0.5) is 0 Å². The normalized spacial score (nSPS) is 11.8. The molecule has 0 amide bonds. The van der Waals surface area contributed by atoms with Crippen molar-refractivity contribution in [2.45, 2.75) is 39.8 Å². The number of aryl methyl sites for hydroxylation is 1. The van der Waals surface area contributed by atoms with Crippen LogP contribution in [-0.2, 0) is 11.3 Å². The molecule has 0 radical (unpaired) electrons. The van der Waals surface area contributed by atoms with Crippen molar-refractivity contribution < 1.29 is 13.9 Å². The van der Waals surface area contributed by atoms with Crippen LogP contribution < -0.4 is 11.1 Å². The monoisotopic (exact) mass is 395 g/mol. The van der Waals surface area contributed by atoms with Gasteiger partial charge in [0.05, 0.1) is 7.11 Å². The van der Waals surface area contributed by atoms with Crippen molar-refractivity contribution >= 4 is 35.9 Å². The summed E-state index contributed by atoms with van der Waals surface area (Å²) in [6.07, 6.45) is 0. The average molecular weight is 395 g/mol. The number of methoxy groups -OCH3 is 1. The number of hydrogen-bond acceptors (Lipinski definition) is 4. The molecule has 0 aliphatic rings. The van der Waals surface area contributed by atoms with Gasteiger partial charge < -0.3 is 20.2 Å². The Bertz CT molecular complexity index is 490. The Morgan fingerprint density at radius 1 is 1.50 bits per heavy atom. The van der Waals surface area contributed by atoms with Crippen molar-refractivity contribution in [1.82, 2.24) is 5.32 Å². The average Bonchev–Trinajstić information content (AvgIpc) is 2.65. The number of nitrogens with two attached hydrogens (primary N) is 1. The van der Waals surface area contributed by atoms with Crippen LogP contribution in [-0.4, -0.2) is 24.6 Å². The van der Waals surface area contributed by atoms with Crippen molar-refractivity contribution in [3.05, 3.63) is 23.2 Å². The van der Waals surface area contributed by atoms with Crippen LogP contribution in [0.5, 0.6) is 0 Å². The van der Waals surface area contributed by atoms with E-state index in [1.54, 1.807) is 13.0 Å². The summed E-state index contributed by atoms with van der Waals surface area (Å²) in [6, 6.07) is 1.62. The van der Waals surface area contributed by atoms with E-state index in [9.17, 15) is 4.79 Å². The highest BCUT2D eigenvalue weighted by molar-refractivity contribution is 14.0. The zero-order valence-electron chi connectivity index (χ0n) is 12.4. The second kappa shape index (κ2) is 7.51. The van der Waals surface area contributed by atoms with Crippen LogP contribution in [0.25, 0.3) is 0 Å². The van der Waals surface area contributed by atoms with Gasteiger partial charge >= 0.3 is 5.97 Å². The molecule has 0 spiro atoms. The fourth-order valence-electron chi connectivity index (χ4n) is 1.52. The predicted molar refractivity (Wildman–Crippen MR) is 88.4 cm³/mol. The molecule has 0 aliphatic carbocycles. The first-order valence-corrected chi connectivity index (χ1v) is 5.98. The van der Waals surface area contributed by atoms with Gasteiger partial charge in [-0.05, 0) is 33.8 Å². The summed E-state index contributed by atoms with van der Waals surface area (Å²) in [7, 11) is 1.33. The minimum Gasteiger partial charge on any atom is -0.465 e. The summed E-state index contributed by atoms with van der Waals surface area (Å²) in [5.74, 6) is 0.995. The standard InChI is InChI=1S/C13H21N3O3.HI/c1-8-10(11(17)18-5)6-9(19-8)7-15-12(14)16-13(2,3)4;/h6H,7H2,1-5H3,(H3,14,15,16);1H. The number of carbonyl (C=O) groups excluding carboxylic acids is 1. The summed E-state index contributed by atoms with van der Waals surface area (Å²) in [5, 5.41) is 3.04. The van der Waals surface area contributed by atoms with Crippen molar-refractivity contribution in [3.8, 4) is 0 Å². The molecule has 0 aromatic carbocycles. The second-order valence-electron chi connectivity index (χ2n) is 5.25. The number of aliphatic imine (C=N–C) groups is 1. The first-order valence-electron chi connectivity index (χ1n) is 5.98. The van der Waals surface area contributed by atoms with E-state index in [0.717, 1.165) is 0 Å². The van der Waals surface area contributed by atoms with E-state index in [2.05, 4.69) is 15.0 Å². The molecule has 1 rings (SSSR count). The molecule has 0 bridgehead atoms. The number of carbonyl (C=O) groups is 1. The van der Waals surface area contributed by atoms with E-state index in [0.29, 0.717) is 23.0 Å². The number of nitrogens with one attached hydrogen (secondary N) is 1. The molecule has 20 heavy (non-hydrogen) atoms. The lowest BCUT2D eigenvalue weighted by atomic mass is 10.1. The summed E-state index contributed by atoms with van der Waals surface area (Å²) >= 11 is 0. The molecule has 1 aromatic rings.